The second-order valence-corrected chi connectivity index (χ2v) is 5.47. The molecule has 106 valence electrons. The summed E-state index contributed by atoms with van der Waals surface area (Å²) in [6.07, 6.45) is 4.25. The Morgan fingerprint density at radius 3 is 2.85 bits per heavy atom. The van der Waals surface area contributed by atoms with Gasteiger partial charge in [0, 0.05) is 11.6 Å². The van der Waals surface area contributed by atoms with Crippen LogP contribution < -0.4 is 5.73 Å². The lowest BCUT2D eigenvalue weighted by Gasteiger charge is -2.25. The van der Waals surface area contributed by atoms with Crippen molar-refractivity contribution in [1.82, 2.24) is 10.1 Å². The van der Waals surface area contributed by atoms with E-state index in [0.717, 1.165) is 25.7 Å². The second kappa shape index (κ2) is 5.32. The van der Waals surface area contributed by atoms with E-state index in [2.05, 4.69) is 10.1 Å². The van der Waals surface area contributed by atoms with E-state index in [4.69, 9.17) is 10.3 Å². The van der Waals surface area contributed by atoms with E-state index in [-0.39, 0.29) is 17.8 Å². The third-order valence-corrected chi connectivity index (χ3v) is 4.01. The summed E-state index contributed by atoms with van der Waals surface area (Å²) in [5.74, 6) is 0.869. The molecule has 3 rings (SSSR count). The quantitative estimate of drug-likeness (QED) is 0.914. The molecule has 20 heavy (non-hydrogen) atoms. The largest absolute Gasteiger partial charge is 0.339 e. The van der Waals surface area contributed by atoms with Gasteiger partial charge in [-0.15, -0.1) is 0 Å². The van der Waals surface area contributed by atoms with Gasteiger partial charge >= 0.3 is 0 Å². The molecule has 0 bridgehead atoms. The van der Waals surface area contributed by atoms with Crippen LogP contribution in [0.3, 0.4) is 0 Å². The van der Waals surface area contributed by atoms with E-state index in [0.29, 0.717) is 22.8 Å². The molecule has 2 N–H and O–H groups in total. The first-order chi connectivity index (χ1) is 9.65. The number of aryl methyl sites for hydroxylation is 1. The summed E-state index contributed by atoms with van der Waals surface area (Å²) >= 11 is 0. The maximum absolute atomic E-state index is 13.6. The number of aromatic nitrogens is 2. The Balaban J connectivity index is 1.87. The highest BCUT2D eigenvalue weighted by Crippen LogP contribution is 2.32. The molecular weight excluding hydrogens is 257 g/mol. The Morgan fingerprint density at radius 1 is 1.30 bits per heavy atom. The molecule has 0 radical (unpaired) electrons. The Labute approximate surface area is 117 Å². The van der Waals surface area contributed by atoms with Crippen LogP contribution in [0.4, 0.5) is 4.39 Å². The Kier molecular flexibility index (Phi) is 3.53. The molecule has 4 nitrogen and oxygen atoms in total. The minimum atomic E-state index is -0.261. The number of nitrogens with two attached hydrogens (primary N) is 1. The molecule has 0 spiro atoms. The topological polar surface area (TPSA) is 64.9 Å². The first-order valence-corrected chi connectivity index (χ1v) is 7.01. The van der Waals surface area contributed by atoms with Gasteiger partial charge in [0.05, 0.1) is 5.92 Å². The lowest BCUT2D eigenvalue weighted by atomic mass is 9.85. The average Bonchev–Trinajstić information content (AvgIpc) is 2.92. The predicted molar refractivity (Wildman–Crippen MR) is 73.6 cm³/mol. The maximum atomic E-state index is 13.6. The summed E-state index contributed by atoms with van der Waals surface area (Å²) in [7, 11) is 0. The van der Waals surface area contributed by atoms with Crippen molar-refractivity contribution >= 4 is 0 Å². The van der Waals surface area contributed by atoms with Crippen LogP contribution in [0.1, 0.15) is 43.1 Å². The van der Waals surface area contributed by atoms with Crippen LogP contribution in [-0.2, 0) is 0 Å². The van der Waals surface area contributed by atoms with Crippen molar-refractivity contribution in [2.75, 3.05) is 0 Å². The van der Waals surface area contributed by atoms with Crippen molar-refractivity contribution in [3.05, 3.63) is 35.5 Å². The minimum absolute atomic E-state index is 0.0757. The van der Waals surface area contributed by atoms with Crippen molar-refractivity contribution < 1.29 is 8.91 Å². The van der Waals surface area contributed by atoms with Crippen LogP contribution in [-0.4, -0.2) is 16.2 Å². The molecule has 2 aromatic rings. The molecule has 5 heteroatoms. The molecule has 1 aromatic heterocycles. The maximum Gasteiger partial charge on any atom is 0.231 e. The van der Waals surface area contributed by atoms with Crippen LogP contribution in [0.5, 0.6) is 0 Å². The first kappa shape index (κ1) is 13.2. The van der Waals surface area contributed by atoms with Gasteiger partial charge in [0.1, 0.15) is 5.82 Å². The number of hydrogen-bond acceptors (Lipinski definition) is 4. The summed E-state index contributed by atoms with van der Waals surface area (Å²) in [6, 6.07) is 5.03. The second-order valence-electron chi connectivity index (χ2n) is 5.47. The highest BCUT2D eigenvalue weighted by atomic mass is 19.1. The smallest absolute Gasteiger partial charge is 0.231 e. The molecular formula is C15H18FN3O. The van der Waals surface area contributed by atoms with Crippen molar-refractivity contribution in [3.8, 4) is 11.4 Å². The lowest BCUT2D eigenvalue weighted by Crippen LogP contribution is -2.31. The molecule has 1 aromatic carbocycles. The third kappa shape index (κ3) is 2.45. The number of hydrogen-bond donors (Lipinski definition) is 1. The SMILES string of the molecule is Cc1ccc(-c2noc(C3CCCCC3N)n2)cc1F. The van der Waals surface area contributed by atoms with Crippen molar-refractivity contribution in [2.45, 2.75) is 44.6 Å². The van der Waals surface area contributed by atoms with Gasteiger partial charge < -0.3 is 10.3 Å². The van der Waals surface area contributed by atoms with Crippen molar-refractivity contribution in [2.24, 2.45) is 5.73 Å². The summed E-state index contributed by atoms with van der Waals surface area (Å²) in [5, 5.41) is 3.96. The highest BCUT2D eigenvalue weighted by molar-refractivity contribution is 5.55. The van der Waals surface area contributed by atoms with Crippen LogP contribution >= 0.6 is 0 Å². The first-order valence-electron chi connectivity index (χ1n) is 7.01. The van der Waals surface area contributed by atoms with Crippen molar-refractivity contribution in [3.63, 3.8) is 0 Å². The number of rotatable bonds is 2. The van der Waals surface area contributed by atoms with E-state index in [1.165, 1.54) is 6.07 Å². The van der Waals surface area contributed by atoms with Gasteiger partial charge in [0.15, 0.2) is 0 Å². The molecule has 0 amide bonds. The van der Waals surface area contributed by atoms with Gasteiger partial charge in [-0.3, -0.25) is 0 Å². The van der Waals surface area contributed by atoms with Crippen molar-refractivity contribution in [1.29, 1.82) is 0 Å². The summed E-state index contributed by atoms with van der Waals surface area (Å²) in [6.45, 7) is 1.72. The van der Waals surface area contributed by atoms with E-state index in [9.17, 15) is 4.39 Å². The van der Waals surface area contributed by atoms with E-state index in [1.54, 1.807) is 19.1 Å². The summed E-state index contributed by atoms with van der Waals surface area (Å²) in [5.41, 5.74) is 7.35. The Hall–Kier alpha value is -1.75. The molecule has 1 fully saturated rings. The van der Waals surface area contributed by atoms with Gasteiger partial charge in [-0.2, -0.15) is 4.98 Å². The molecule has 2 unspecified atom stereocenters. The lowest BCUT2D eigenvalue weighted by molar-refractivity contribution is 0.290. The average molecular weight is 275 g/mol. The van der Waals surface area contributed by atoms with E-state index < -0.39 is 0 Å². The minimum Gasteiger partial charge on any atom is -0.339 e. The van der Waals surface area contributed by atoms with Gasteiger partial charge in [-0.25, -0.2) is 4.39 Å². The normalized spacial score (nSPS) is 22.9. The summed E-state index contributed by atoms with van der Waals surface area (Å²) in [4.78, 5) is 4.40. The molecule has 2 atom stereocenters. The Bertz CT molecular complexity index is 611. The standard InChI is InChI=1S/C15H18FN3O/c1-9-6-7-10(8-12(9)16)14-18-15(20-19-14)11-4-2-3-5-13(11)17/h6-8,11,13H,2-5,17H2,1H3. The highest BCUT2D eigenvalue weighted by Gasteiger charge is 2.28. The van der Waals surface area contributed by atoms with Crippen LogP contribution in [0.2, 0.25) is 0 Å². The monoisotopic (exact) mass is 275 g/mol. The van der Waals surface area contributed by atoms with E-state index in [1.807, 2.05) is 0 Å². The van der Waals surface area contributed by atoms with Gasteiger partial charge in [-0.05, 0) is 31.4 Å². The van der Waals surface area contributed by atoms with E-state index >= 15 is 0 Å². The van der Waals surface area contributed by atoms with Gasteiger partial charge in [0.25, 0.3) is 0 Å². The third-order valence-electron chi connectivity index (χ3n) is 4.01. The molecule has 1 saturated carbocycles. The molecule has 1 aliphatic carbocycles. The number of nitrogens with zero attached hydrogens (tertiary/aromatic N) is 2. The van der Waals surface area contributed by atoms with Gasteiger partial charge in [0.2, 0.25) is 11.7 Å². The summed E-state index contributed by atoms with van der Waals surface area (Å²) < 4.78 is 18.9. The zero-order valence-corrected chi connectivity index (χ0v) is 11.5. The number of benzene rings is 1. The molecule has 0 saturated heterocycles. The van der Waals surface area contributed by atoms with Crippen LogP contribution in [0, 0.1) is 12.7 Å². The zero-order valence-electron chi connectivity index (χ0n) is 11.5. The number of halogens is 1. The fourth-order valence-corrected chi connectivity index (χ4v) is 2.70. The Morgan fingerprint density at radius 2 is 2.10 bits per heavy atom. The molecule has 0 aliphatic heterocycles. The fourth-order valence-electron chi connectivity index (χ4n) is 2.70. The van der Waals surface area contributed by atoms with Crippen LogP contribution in [0.25, 0.3) is 11.4 Å². The molecule has 1 aliphatic rings. The molecule has 1 heterocycles. The van der Waals surface area contributed by atoms with Gasteiger partial charge in [-0.1, -0.05) is 30.1 Å². The zero-order chi connectivity index (χ0) is 14.1. The van der Waals surface area contributed by atoms with Crippen LogP contribution in [0.15, 0.2) is 22.7 Å². The predicted octanol–water partition coefficient (Wildman–Crippen LogP) is 3.17. The fraction of sp³-hybridized carbons (Fsp3) is 0.467.